The summed E-state index contributed by atoms with van der Waals surface area (Å²) in [4.78, 5) is 0. The maximum atomic E-state index is 6.14. The Kier molecular flexibility index (Phi) is 3.31. The highest BCUT2D eigenvalue weighted by Crippen LogP contribution is 2.29. The lowest BCUT2D eigenvalue weighted by Gasteiger charge is -2.31. The summed E-state index contributed by atoms with van der Waals surface area (Å²) in [6.07, 6.45) is 4.66. The predicted octanol–water partition coefficient (Wildman–Crippen LogP) is 1.86. The molecule has 0 saturated carbocycles. The Morgan fingerprint density at radius 2 is 2.00 bits per heavy atom. The number of fused-ring (bicyclic) bond motifs is 1. The van der Waals surface area contributed by atoms with Crippen LogP contribution < -0.4 is 11.5 Å². The molecule has 4 N–H and O–H groups in total. The average Bonchev–Trinajstić information content (AvgIpc) is 2.28. The lowest BCUT2D eigenvalue weighted by Crippen LogP contribution is -2.46. The lowest BCUT2D eigenvalue weighted by molar-refractivity contribution is 0.318. The Labute approximate surface area is 98.0 Å². The summed E-state index contributed by atoms with van der Waals surface area (Å²) >= 11 is 0. The van der Waals surface area contributed by atoms with Crippen LogP contribution in [0, 0.1) is 5.92 Å². The van der Waals surface area contributed by atoms with Crippen molar-refractivity contribution in [3.05, 3.63) is 35.4 Å². The highest BCUT2D eigenvalue weighted by Gasteiger charge is 2.25. The van der Waals surface area contributed by atoms with E-state index in [0.29, 0.717) is 12.5 Å². The molecule has 1 aromatic carbocycles. The second-order valence-electron chi connectivity index (χ2n) is 5.44. The standard InChI is InChI=1S/C14H22N2/c1-14(16,10-15)9-11-6-7-12-4-2-3-5-13(12)8-11/h2-5,11H,6-10,15-16H2,1H3. The first-order valence-electron chi connectivity index (χ1n) is 6.16. The van der Waals surface area contributed by atoms with Gasteiger partial charge in [0.25, 0.3) is 0 Å². The first-order valence-corrected chi connectivity index (χ1v) is 6.16. The third-order valence-electron chi connectivity index (χ3n) is 3.67. The Balaban J connectivity index is 2.03. The minimum atomic E-state index is -0.197. The van der Waals surface area contributed by atoms with E-state index in [1.54, 1.807) is 0 Å². The van der Waals surface area contributed by atoms with Gasteiger partial charge in [-0.3, -0.25) is 0 Å². The molecular formula is C14H22N2. The number of aryl methyl sites for hydroxylation is 1. The van der Waals surface area contributed by atoms with Gasteiger partial charge in [-0.05, 0) is 49.7 Å². The van der Waals surface area contributed by atoms with Crippen molar-refractivity contribution in [2.45, 2.75) is 38.1 Å². The molecule has 1 aliphatic rings. The third-order valence-corrected chi connectivity index (χ3v) is 3.67. The largest absolute Gasteiger partial charge is 0.329 e. The van der Waals surface area contributed by atoms with Crippen LogP contribution in [0.15, 0.2) is 24.3 Å². The van der Waals surface area contributed by atoms with Crippen LogP contribution in [0.25, 0.3) is 0 Å². The minimum absolute atomic E-state index is 0.197. The van der Waals surface area contributed by atoms with Gasteiger partial charge in [0.2, 0.25) is 0 Å². The Bertz CT molecular complexity index is 358. The van der Waals surface area contributed by atoms with Gasteiger partial charge in [-0.2, -0.15) is 0 Å². The van der Waals surface area contributed by atoms with E-state index in [-0.39, 0.29) is 5.54 Å². The van der Waals surface area contributed by atoms with Gasteiger partial charge in [0.15, 0.2) is 0 Å². The molecule has 2 unspecified atom stereocenters. The molecule has 0 fully saturated rings. The number of hydrogen-bond donors (Lipinski definition) is 2. The molecule has 0 radical (unpaired) electrons. The molecule has 0 aliphatic heterocycles. The topological polar surface area (TPSA) is 52.0 Å². The molecule has 2 rings (SSSR count). The first-order chi connectivity index (χ1) is 7.61. The first kappa shape index (κ1) is 11.6. The van der Waals surface area contributed by atoms with E-state index in [1.807, 2.05) is 0 Å². The van der Waals surface area contributed by atoms with Crippen LogP contribution in [0.5, 0.6) is 0 Å². The summed E-state index contributed by atoms with van der Waals surface area (Å²) in [5.74, 6) is 0.702. The van der Waals surface area contributed by atoms with E-state index in [9.17, 15) is 0 Å². The zero-order valence-corrected chi connectivity index (χ0v) is 10.1. The molecule has 2 heteroatoms. The fourth-order valence-corrected chi connectivity index (χ4v) is 2.69. The second-order valence-corrected chi connectivity index (χ2v) is 5.44. The van der Waals surface area contributed by atoms with Crippen molar-refractivity contribution in [1.29, 1.82) is 0 Å². The zero-order chi connectivity index (χ0) is 11.6. The maximum absolute atomic E-state index is 6.14. The zero-order valence-electron chi connectivity index (χ0n) is 10.1. The fraction of sp³-hybridized carbons (Fsp3) is 0.571. The quantitative estimate of drug-likeness (QED) is 0.813. The van der Waals surface area contributed by atoms with Gasteiger partial charge < -0.3 is 11.5 Å². The van der Waals surface area contributed by atoms with Crippen molar-refractivity contribution in [2.75, 3.05) is 6.54 Å². The van der Waals surface area contributed by atoms with Gasteiger partial charge in [-0.15, -0.1) is 0 Å². The highest BCUT2D eigenvalue weighted by atomic mass is 14.8. The van der Waals surface area contributed by atoms with Crippen LogP contribution in [0.1, 0.15) is 30.9 Å². The summed E-state index contributed by atoms with van der Waals surface area (Å²) in [6, 6.07) is 8.76. The normalized spacial score (nSPS) is 23.6. The average molecular weight is 218 g/mol. The molecule has 1 aromatic rings. The summed E-state index contributed by atoms with van der Waals surface area (Å²) in [5.41, 5.74) is 14.7. The van der Waals surface area contributed by atoms with Crippen LogP contribution in [-0.2, 0) is 12.8 Å². The monoisotopic (exact) mass is 218 g/mol. The molecule has 0 heterocycles. The van der Waals surface area contributed by atoms with Crippen molar-refractivity contribution >= 4 is 0 Å². The van der Waals surface area contributed by atoms with Gasteiger partial charge in [0.05, 0.1) is 0 Å². The van der Waals surface area contributed by atoms with Crippen molar-refractivity contribution in [2.24, 2.45) is 17.4 Å². The van der Waals surface area contributed by atoms with Crippen LogP contribution in [0.3, 0.4) is 0 Å². The number of benzene rings is 1. The molecular weight excluding hydrogens is 196 g/mol. The smallest absolute Gasteiger partial charge is 0.0252 e. The molecule has 0 amide bonds. The fourth-order valence-electron chi connectivity index (χ4n) is 2.69. The molecule has 16 heavy (non-hydrogen) atoms. The van der Waals surface area contributed by atoms with Gasteiger partial charge in [-0.25, -0.2) is 0 Å². The van der Waals surface area contributed by atoms with Crippen molar-refractivity contribution in [3.63, 3.8) is 0 Å². The summed E-state index contributed by atoms with van der Waals surface area (Å²) < 4.78 is 0. The highest BCUT2D eigenvalue weighted by molar-refractivity contribution is 5.29. The van der Waals surface area contributed by atoms with Crippen LogP contribution in [0.4, 0.5) is 0 Å². The van der Waals surface area contributed by atoms with Crippen molar-refractivity contribution in [1.82, 2.24) is 0 Å². The van der Waals surface area contributed by atoms with E-state index in [1.165, 1.54) is 30.4 Å². The summed E-state index contributed by atoms with van der Waals surface area (Å²) in [5, 5.41) is 0. The summed E-state index contributed by atoms with van der Waals surface area (Å²) in [7, 11) is 0. The third kappa shape index (κ3) is 2.63. The molecule has 88 valence electrons. The molecule has 0 aromatic heterocycles. The Hall–Kier alpha value is -0.860. The molecule has 2 nitrogen and oxygen atoms in total. The molecule has 2 atom stereocenters. The van der Waals surface area contributed by atoms with E-state index in [4.69, 9.17) is 11.5 Å². The van der Waals surface area contributed by atoms with Crippen LogP contribution >= 0.6 is 0 Å². The second kappa shape index (κ2) is 4.56. The summed E-state index contributed by atoms with van der Waals surface area (Å²) in [6.45, 7) is 2.64. The van der Waals surface area contributed by atoms with E-state index < -0.39 is 0 Å². The minimum Gasteiger partial charge on any atom is -0.329 e. The number of rotatable bonds is 3. The molecule has 1 aliphatic carbocycles. The van der Waals surface area contributed by atoms with Gasteiger partial charge >= 0.3 is 0 Å². The van der Waals surface area contributed by atoms with Crippen LogP contribution in [-0.4, -0.2) is 12.1 Å². The van der Waals surface area contributed by atoms with Crippen molar-refractivity contribution in [3.8, 4) is 0 Å². The molecule has 0 spiro atoms. The Morgan fingerprint density at radius 1 is 1.31 bits per heavy atom. The van der Waals surface area contributed by atoms with Crippen molar-refractivity contribution < 1.29 is 0 Å². The maximum Gasteiger partial charge on any atom is 0.0252 e. The van der Waals surface area contributed by atoms with Gasteiger partial charge in [0, 0.05) is 12.1 Å². The van der Waals surface area contributed by atoms with Gasteiger partial charge in [-0.1, -0.05) is 24.3 Å². The lowest BCUT2D eigenvalue weighted by atomic mass is 9.78. The SMILES string of the molecule is CC(N)(CN)CC1CCc2ccccc2C1. The number of hydrogen-bond acceptors (Lipinski definition) is 2. The van der Waals surface area contributed by atoms with E-state index >= 15 is 0 Å². The van der Waals surface area contributed by atoms with Gasteiger partial charge in [0.1, 0.15) is 0 Å². The van der Waals surface area contributed by atoms with Crippen LogP contribution in [0.2, 0.25) is 0 Å². The predicted molar refractivity (Wildman–Crippen MR) is 68.2 cm³/mol. The number of nitrogens with two attached hydrogens (primary N) is 2. The molecule has 0 bridgehead atoms. The Morgan fingerprint density at radius 3 is 2.69 bits per heavy atom. The molecule has 0 saturated heterocycles. The van der Waals surface area contributed by atoms with E-state index in [2.05, 4.69) is 31.2 Å². The van der Waals surface area contributed by atoms with E-state index in [0.717, 1.165) is 6.42 Å².